The predicted molar refractivity (Wildman–Crippen MR) is 88.0 cm³/mol. The number of nitrogens with one attached hydrogen (secondary N) is 1. The molecule has 0 aliphatic heterocycles. The first kappa shape index (κ1) is 17.6. The second kappa shape index (κ2) is 7.68. The highest BCUT2D eigenvalue weighted by atomic mass is 16.5. The summed E-state index contributed by atoms with van der Waals surface area (Å²) in [6, 6.07) is 7.33. The minimum atomic E-state index is -0.554. The van der Waals surface area contributed by atoms with E-state index in [0.717, 1.165) is 16.9 Å². The molecule has 0 atom stereocenters. The van der Waals surface area contributed by atoms with Gasteiger partial charge in [0.05, 0.1) is 7.11 Å². The van der Waals surface area contributed by atoms with Gasteiger partial charge in [-0.2, -0.15) is 0 Å². The lowest BCUT2D eigenvalue weighted by Crippen LogP contribution is -2.28. The van der Waals surface area contributed by atoms with E-state index in [1.807, 2.05) is 24.3 Å². The van der Waals surface area contributed by atoms with Crippen LogP contribution in [0.2, 0.25) is 0 Å². The van der Waals surface area contributed by atoms with Crippen molar-refractivity contribution in [3.05, 3.63) is 52.5 Å². The molecule has 1 heterocycles. The van der Waals surface area contributed by atoms with Crippen molar-refractivity contribution in [2.24, 2.45) is 0 Å². The summed E-state index contributed by atoms with van der Waals surface area (Å²) < 4.78 is 15.5. The Morgan fingerprint density at radius 3 is 2.29 bits per heavy atom. The number of benzene rings is 1. The molecule has 1 N–H and O–H groups in total. The molecule has 0 bridgehead atoms. The van der Waals surface area contributed by atoms with E-state index in [-0.39, 0.29) is 12.5 Å². The molecule has 0 spiro atoms. The standard InChI is InChI=1S/C18H21NO5/c1-11-12(2)24-13(3)17(11)18(21)23-10-16(20)19-9-14-5-7-15(22-4)8-6-14/h5-8H,9-10H2,1-4H3,(H,19,20). The number of aryl methyl sites for hydroxylation is 2. The molecule has 2 rings (SSSR count). The minimum absolute atomic E-state index is 0.335. The van der Waals surface area contributed by atoms with Crippen LogP contribution in [0, 0.1) is 20.8 Å². The van der Waals surface area contributed by atoms with Gasteiger partial charge in [-0.15, -0.1) is 0 Å². The molecule has 1 amide bonds. The van der Waals surface area contributed by atoms with Gasteiger partial charge in [0, 0.05) is 12.1 Å². The number of hydrogen-bond acceptors (Lipinski definition) is 5. The third kappa shape index (κ3) is 4.16. The Morgan fingerprint density at radius 1 is 1.08 bits per heavy atom. The zero-order valence-electron chi connectivity index (χ0n) is 14.3. The molecule has 24 heavy (non-hydrogen) atoms. The summed E-state index contributed by atoms with van der Waals surface area (Å²) in [5.41, 5.74) is 2.04. The summed E-state index contributed by atoms with van der Waals surface area (Å²) in [6.45, 7) is 5.27. The zero-order chi connectivity index (χ0) is 17.7. The first-order valence-corrected chi connectivity index (χ1v) is 7.55. The zero-order valence-corrected chi connectivity index (χ0v) is 14.3. The smallest absolute Gasteiger partial charge is 0.342 e. The van der Waals surface area contributed by atoms with Gasteiger partial charge in [-0.1, -0.05) is 12.1 Å². The van der Waals surface area contributed by atoms with Gasteiger partial charge in [0.2, 0.25) is 0 Å². The van der Waals surface area contributed by atoms with Crippen molar-refractivity contribution in [3.8, 4) is 5.75 Å². The molecular formula is C18H21NO5. The van der Waals surface area contributed by atoms with E-state index >= 15 is 0 Å². The Balaban J connectivity index is 1.83. The van der Waals surface area contributed by atoms with Gasteiger partial charge in [0.1, 0.15) is 22.8 Å². The Bertz CT molecular complexity index is 731. The fourth-order valence-electron chi connectivity index (χ4n) is 2.29. The highest BCUT2D eigenvalue weighted by Crippen LogP contribution is 2.21. The summed E-state index contributed by atoms with van der Waals surface area (Å²) in [4.78, 5) is 23.9. The van der Waals surface area contributed by atoms with E-state index in [1.165, 1.54) is 0 Å². The third-order valence-electron chi connectivity index (χ3n) is 3.75. The SMILES string of the molecule is COc1ccc(CNC(=O)COC(=O)c2c(C)oc(C)c2C)cc1. The average Bonchev–Trinajstić information content (AvgIpc) is 2.83. The number of hydrogen-bond donors (Lipinski definition) is 1. The summed E-state index contributed by atoms with van der Waals surface area (Å²) in [5, 5.41) is 2.70. The Labute approximate surface area is 140 Å². The van der Waals surface area contributed by atoms with Crippen molar-refractivity contribution in [1.82, 2.24) is 5.32 Å². The molecule has 0 saturated carbocycles. The molecule has 0 aliphatic rings. The number of furan rings is 1. The highest BCUT2D eigenvalue weighted by molar-refractivity contribution is 5.93. The fraction of sp³-hybridized carbons (Fsp3) is 0.333. The lowest BCUT2D eigenvalue weighted by molar-refractivity contribution is -0.124. The third-order valence-corrected chi connectivity index (χ3v) is 3.75. The van der Waals surface area contributed by atoms with Crippen LogP contribution in [0.25, 0.3) is 0 Å². The quantitative estimate of drug-likeness (QED) is 0.824. The molecule has 0 saturated heterocycles. The first-order chi connectivity index (χ1) is 11.4. The van der Waals surface area contributed by atoms with Gasteiger partial charge in [-0.25, -0.2) is 4.79 Å². The molecule has 0 unspecified atom stereocenters. The number of carbonyl (C=O) groups is 2. The van der Waals surface area contributed by atoms with Crippen LogP contribution >= 0.6 is 0 Å². The van der Waals surface area contributed by atoms with Crippen LogP contribution in [0.1, 0.15) is 33.0 Å². The van der Waals surface area contributed by atoms with Gasteiger partial charge < -0.3 is 19.2 Å². The molecular weight excluding hydrogens is 310 g/mol. The molecule has 2 aromatic rings. The number of amides is 1. The van der Waals surface area contributed by atoms with Crippen molar-refractivity contribution >= 4 is 11.9 Å². The highest BCUT2D eigenvalue weighted by Gasteiger charge is 2.20. The van der Waals surface area contributed by atoms with Crippen LogP contribution in [-0.2, 0) is 16.1 Å². The second-order valence-electron chi connectivity index (χ2n) is 5.42. The van der Waals surface area contributed by atoms with Crippen LogP contribution in [0.4, 0.5) is 0 Å². The Hall–Kier alpha value is -2.76. The first-order valence-electron chi connectivity index (χ1n) is 7.55. The van der Waals surface area contributed by atoms with Crippen molar-refractivity contribution in [2.75, 3.05) is 13.7 Å². The largest absolute Gasteiger partial charge is 0.497 e. The maximum Gasteiger partial charge on any atom is 0.342 e. The molecule has 1 aromatic heterocycles. The van der Waals surface area contributed by atoms with Gasteiger partial charge in [0.25, 0.3) is 5.91 Å². The molecule has 0 aliphatic carbocycles. The predicted octanol–water partition coefficient (Wildman–Crippen LogP) is 2.69. The van der Waals surface area contributed by atoms with E-state index in [2.05, 4.69) is 5.32 Å². The van der Waals surface area contributed by atoms with Gasteiger partial charge in [-0.3, -0.25) is 4.79 Å². The van der Waals surface area contributed by atoms with Crippen LogP contribution in [0.5, 0.6) is 5.75 Å². The van der Waals surface area contributed by atoms with Gasteiger partial charge in [-0.05, 0) is 38.5 Å². The topological polar surface area (TPSA) is 77.8 Å². The van der Waals surface area contributed by atoms with Crippen LogP contribution in [0.15, 0.2) is 28.7 Å². The number of rotatable bonds is 6. The number of ether oxygens (including phenoxy) is 2. The van der Waals surface area contributed by atoms with E-state index in [0.29, 0.717) is 23.6 Å². The van der Waals surface area contributed by atoms with Crippen molar-refractivity contribution in [1.29, 1.82) is 0 Å². The van der Waals surface area contributed by atoms with E-state index in [4.69, 9.17) is 13.9 Å². The van der Waals surface area contributed by atoms with Crippen LogP contribution in [0.3, 0.4) is 0 Å². The monoisotopic (exact) mass is 331 g/mol. The summed E-state index contributed by atoms with van der Waals surface area (Å²) >= 11 is 0. The molecule has 6 nitrogen and oxygen atoms in total. The Morgan fingerprint density at radius 2 is 1.75 bits per heavy atom. The summed E-state index contributed by atoms with van der Waals surface area (Å²) in [6.07, 6.45) is 0. The maximum absolute atomic E-state index is 12.1. The Kier molecular flexibility index (Phi) is 5.63. The minimum Gasteiger partial charge on any atom is -0.497 e. The van der Waals surface area contributed by atoms with Crippen molar-refractivity contribution < 1.29 is 23.5 Å². The second-order valence-corrected chi connectivity index (χ2v) is 5.42. The molecule has 128 valence electrons. The molecule has 0 fully saturated rings. The van der Waals surface area contributed by atoms with Crippen molar-refractivity contribution in [3.63, 3.8) is 0 Å². The number of esters is 1. The fourth-order valence-corrected chi connectivity index (χ4v) is 2.29. The lowest BCUT2D eigenvalue weighted by atomic mass is 10.1. The van der Waals surface area contributed by atoms with E-state index in [9.17, 15) is 9.59 Å². The normalized spacial score (nSPS) is 10.3. The van der Waals surface area contributed by atoms with Crippen molar-refractivity contribution in [2.45, 2.75) is 27.3 Å². The average molecular weight is 331 g/mol. The van der Waals surface area contributed by atoms with E-state index < -0.39 is 5.97 Å². The summed E-state index contributed by atoms with van der Waals surface area (Å²) in [5.74, 6) is 0.994. The maximum atomic E-state index is 12.1. The van der Waals surface area contributed by atoms with Crippen LogP contribution in [-0.4, -0.2) is 25.6 Å². The van der Waals surface area contributed by atoms with Gasteiger partial charge in [0.15, 0.2) is 6.61 Å². The number of methoxy groups -OCH3 is 1. The molecule has 6 heteroatoms. The van der Waals surface area contributed by atoms with Gasteiger partial charge >= 0.3 is 5.97 Å². The van der Waals surface area contributed by atoms with Crippen LogP contribution < -0.4 is 10.1 Å². The van der Waals surface area contributed by atoms with E-state index in [1.54, 1.807) is 27.9 Å². The lowest BCUT2D eigenvalue weighted by Gasteiger charge is -2.07. The molecule has 0 radical (unpaired) electrons. The molecule has 1 aromatic carbocycles. The number of carbonyl (C=O) groups excluding carboxylic acids is 2. The summed E-state index contributed by atoms with van der Waals surface area (Å²) in [7, 11) is 1.59.